The summed E-state index contributed by atoms with van der Waals surface area (Å²) in [6.45, 7) is 2.05. The van der Waals surface area contributed by atoms with Crippen molar-refractivity contribution < 1.29 is 19.0 Å². The molecule has 0 N–H and O–H groups in total. The van der Waals surface area contributed by atoms with E-state index in [0.29, 0.717) is 24.9 Å². The zero-order valence-electron chi connectivity index (χ0n) is 15.4. The summed E-state index contributed by atoms with van der Waals surface area (Å²) in [5, 5.41) is 0.619. The Morgan fingerprint density at radius 2 is 2.32 bits per heavy atom. The van der Waals surface area contributed by atoms with Gasteiger partial charge in [-0.1, -0.05) is 11.3 Å². The maximum atomic E-state index is 13.1. The molecule has 28 heavy (non-hydrogen) atoms. The summed E-state index contributed by atoms with van der Waals surface area (Å²) in [7, 11) is 1.63. The van der Waals surface area contributed by atoms with Crippen LogP contribution < -0.4 is 9.64 Å². The Balaban J connectivity index is 1.59. The van der Waals surface area contributed by atoms with Crippen LogP contribution in [0.2, 0.25) is 0 Å². The number of carbonyl (C=O) groups is 1. The van der Waals surface area contributed by atoms with Crippen molar-refractivity contribution in [2.75, 3.05) is 31.8 Å². The minimum absolute atomic E-state index is 0.200. The molecule has 0 spiro atoms. The van der Waals surface area contributed by atoms with E-state index >= 15 is 0 Å². The first-order chi connectivity index (χ1) is 13.7. The van der Waals surface area contributed by atoms with Crippen LogP contribution >= 0.6 is 11.3 Å². The second-order valence-electron chi connectivity index (χ2n) is 6.14. The minimum atomic E-state index is -0.253. The molecular weight excluding hydrogens is 380 g/mol. The smallest absolute Gasteiger partial charge is 0.298 e. The maximum Gasteiger partial charge on any atom is 0.298 e. The maximum absolute atomic E-state index is 13.1. The highest BCUT2D eigenvalue weighted by molar-refractivity contribution is 7.22. The lowest BCUT2D eigenvalue weighted by atomic mass is 10.3. The Bertz CT molecular complexity index is 983. The molecule has 1 aliphatic rings. The zero-order valence-corrected chi connectivity index (χ0v) is 16.2. The van der Waals surface area contributed by atoms with E-state index < -0.39 is 0 Å². The number of nitrogens with zero attached hydrogens (tertiary/aromatic N) is 4. The number of benzene rings is 1. The van der Waals surface area contributed by atoms with Gasteiger partial charge in [-0.15, -0.1) is 0 Å². The van der Waals surface area contributed by atoms with Gasteiger partial charge in [0.15, 0.2) is 5.13 Å². The number of imidazole rings is 1. The molecule has 0 fully saturated rings. The van der Waals surface area contributed by atoms with Gasteiger partial charge in [0.1, 0.15) is 25.2 Å². The highest BCUT2D eigenvalue weighted by Crippen LogP contribution is 2.32. The number of carbonyl (C=O) groups excluding carboxylic acids is 1. The second-order valence-corrected chi connectivity index (χ2v) is 7.15. The van der Waals surface area contributed by atoms with Gasteiger partial charge in [0.25, 0.3) is 5.91 Å². The number of thiazole rings is 1. The van der Waals surface area contributed by atoms with Crippen molar-refractivity contribution in [3.05, 3.63) is 48.9 Å². The van der Waals surface area contributed by atoms with Crippen molar-refractivity contribution in [3.63, 3.8) is 0 Å². The van der Waals surface area contributed by atoms with E-state index in [4.69, 9.17) is 14.2 Å². The third-order valence-corrected chi connectivity index (χ3v) is 5.32. The quantitative estimate of drug-likeness (QED) is 0.607. The molecule has 0 radical (unpaired) electrons. The molecule has 0 unspecified atom stereocenters. The van der Waals surface area contributed by atoms with Crippen LogP contribution in [0.1, 0.15) is 6.42 Å². The number of anilines is 1. The number of hydrogen-bond donors (Lipinski definition) is 0. The van der Waals surface area contributed by atoms with Crippen LogP contribution in [0.4, 0.5) is 5.13 Å². The van der Waals surface area contributed by atoms with E-state index in [-0.39, 0.29) is 11.7 Å². The predicted octanol–water partition coefficient (Wildman–Crippen LogP) is 2.81. The summed E-state index contributed by atoms with van der Waals surface area (Å²) in [6, 6.07) is 5.67. The van der Waals surface area contributed by atoms with Crippen LogP contribution in [0.5, 0.6) is 5.75 Å². The second kappa shape index (κ2) is 8.30. The number of rotatable bonds is 7. The number of amides is 1. The van der Waals surface area contributed by atoms with Crippen LogP contribution in [0.25, 0.3) is 10.2 Å². The first-order valence-corrected chi connectivity index (χ1v) is 9.73. The van der Waals surface area contributed by atoms with E-state index in [1.165, 1.54) is 17.6 Å². The molecule has 4 rings (SSSR count). The van der Waals surface area contributed by atoms with Gasteiger partial charge in [-0.2, -0.15) is 0 Å². The van der Waals surface area contributed by atoms with E-state index in [1.807, 2.05) is 29.0 Å². The first-order valence-electron chi connectivity index (χ1n) is 8.91. The van der Waals surface area contributed by atoms with E-state index in [9.17, 15) is 4.79 Å². The summed E-state index contributed by atoms with van der Waals surface area (Å²) in [5.74, 6) is 0.703. The highest BCUT2D eigenvalue weighted by atomic mass is 32.1. The molecule has 8 nitrogen and oxygen atoms in total. The van der Waals surface area contributed by atoms with Gasteiger partial charge in [0.2, 0.25) is 5.76 Å². The number of ether oxygens (including phenoxy) is 3. The Labute approximate surface area is 166 Å². The summed E-state index contributed by atoms with van der Waals surface area (Å²) < 4.78 is 19.0. The topological polar surface area (TPSA) is 78.7 Å². The third kappa shape index (κ3) is 3.94. The molecule has 0 atom stereocenters. The Morgan fingerprint density at radius 3 is 3.07 bits per heavy atom. The monoisotopic (exact) mass is 400 g/mol. The number of methoxy groups -OCH3 is 1. The molecule has 1 aliphatic heterocycles. The standard InChI is InChI=1S/C19H20N4O4S/c1-25-14-3-4-15-17(11-14)28-19(21-15)23(7-2-6-22-8-5-20-13-22)18(24)16-12-26-9-10-27-16/h3-5,8,11-13H,2,6-7,9-10H2,1H3. The van der Waals surface area contributed by atoms with Crippen LogP contribution in [0.15, 0.2) is 48.9 Å². The van der Waals surface area contributed by atoms with Gasteiger partial charge in [0.05, 0.1) is 23.7 Å². The van der Waals surface area contributed by atoms with Crippen molar-refractivity contribution in [3.8, 4) is 5.75 Å². The zero-order chi connectivity index (χ0) is 19.3. The fourth-order valence-electron chi connectivity index (χ4n) is 2.86. The largest absolute Gasteiger partial charge is 0.497 e. The molecule has 3 aromatic rings. The lowest BCUT2D eigenvalue weighted by Crippen LogP contribution is -2.35. The summed E-state index contributed by atoms with van der Waals surface area (Å²) in [5.41, 5.74) is 0.822. The molecule has 2 aromatic heterocycles. The fraction of sp³-hybridized carbons (Fsp3) is 0.316. The van der Waals surface area contributed by atoms with E-state index in [0.717, 1.165) is 28.9 Å². The summed E-state index contributed by atoms with van der Waals surface area (Å²) >= 11 is 1.45. The summed E-state index contributed by atoms with van der Waals surface area (Å²) in [6.07, 6.45) is 7.52. The molecule has 0 saturated heterocycles. The minimum Gasteiger partial charge on any atom is -0.497 e. The fourth-order valence-corrected chi connectivity index (χ4v) is 3.88. The lowest BCUT2D eigenvalue weighted by molar-refractivity contribution is -0.119. The normalized spacial score (nSPS) is 13.5. The molecular formula is C19H20N4O4S. The Hall–Kier alpha value is -3.07. The number of aryl methyl sites for hydroxylation is 1. The van der Waals surface area contributed by atoms with Gasteiger partial charge < -0.3 is 18.8 Å². The predicted molar refractivity (Wildman–Crippen MR) is 105 cm³/mol. The van der Waals surface area contributed by atoms with E-state index in [1.54, 1.807) is 24.5 Å². The lowest BCUT2D eigenvalue weighted by Gasteiger charge is -2.23. The average Bonchev–Trinajstić information content (AvgIpc) is 3.40. The molecule has 146 valence electrons. The van der Waals surface area contributed by atoms with Gasteiger partial charge in [-0.05, 0) is 24.6 Å². The van der Waals surface area contributed by atoms with Crippen molar-refractivity contribution in [2.24, 2.45) is 0 Å². The first kappa shape index (κ1) is 18.3. The molecule has 1 aromatic carbocycles. The SMILES string of the molecule is COc1ccc2nc(N(CCCn3ccnc3)C(=O)C3=COCCO3)sc2c1. The number of fused-ring (bicyclic) bond motifs is 1. The van der Waals surface area contributed by atoms with Crippen molar-refractivity contribution in [1.82, 2.24) is 14.5 Å². The highest BCUT2D eigenvalue weighted by Gasteiger charge is 2.26. The summed E-state index contributed by atoms with van der Waals surface area (Å²) in [4.78, 5) is 23.4. The molecule has 1 amide bonds. The van der Waals surface area contributed by atoms with Crippen LogP contribution in [0.3, 0.4) is 0 Å². The van der Waals surface area contributed by atoms with Crippen LogP contribution in [-0.4, -0.2) is 47.3 Å². The average molecular weight is 400 g/mol. The van der Waals surface area contributed by atoms with E-state index in [2.05, 4.69) is 9.97 Å². The van der Waals surface area contributed by atoms with Crippen molar-refractivity contribution in [2.45, 2.75) is 13.0 Å². The van der Waals surface area contributed by atoms with Gasteiger partial charge in [0, 0.05) is 25.5 Å². The van der Waals surface area contributed by atoms with Gasteiger partial charge in [-0.3, -0.25) is 9.69 Å². The van der Waals surface area contributed by atoms with Gasteiger partial charge in [-0.25, -0.2) is 9.97 Å². The van der Waals surface area contributed by atoms with Gasteiger partial charge >= 0.3 is 0 Å². The molecule has 0 saturated carbocycles. The Morgan fingerprint density at radius 1 is 1.39 bits per heavy atom. The molecule has 0 bridgehead atoms. The molecule has 0 aliphatic carbocycles. The molecule has 9 heteroatoms. The van der Waals surface area contributed by atoms with Crippen molar-refractivity contribution >= 4 is 32.6 Å². The third-order valence-electron chi connectivity index (χ3n) is 4.28. The molecule has 3 heterocycles. The number of aromatic nitrogens is 3. The van der Waals surface area contributed by atoms with Crippen LogP contribution in [0, 0.1) is 0 Å². The Kier molecular flexibility index (Phi) is 5.43. The van der Waals surface area contributed by atoms with Crippen molar-refractivity contribution in [1.29, 1.82) is 0 Å². The van der Waals surface area contributed by atoms with Crippen LogP contribution in [-0.2, 0) is 20.8 Å². The number of hydrogen-bond acceptors (Lipinski definition) is 7.